The van der Waals surface area contributed by atoms with Crippen LogP contribution >= 0.6 is 0 Å². The summed E-state index contributed by atoms with van der Waals surface area (Å²) in [6, 6.07) is 19.5. The Kier molecular flexibility index (Phi) is 8.85. The van der Waals surface area contributed by atoms with Gasteiger partial charge in [-0.3, -0.25) is 4.79 Å². The van der Waals surface area contributed by atoms with Crippen LogP contribution in [0.25, 0.3) is 11.1 Å². The highest BCUT2D eigenvalue weighted by atomic mass is 16.5. The number of nitrogens with one attached hydrogen (secondary N) is 1. The van der Waals surface area contributed by atoms with Crippen molar-refractivity contribution in [1.29, 1.82) is 0 Å². The fraction of sp³-hybridized carbons (Fsp3) is 0.174. The zero-order valence-corrected chi connectivity index (χ0v) is 17.7. The van der Waals surface area contributed by atoms with Gasteiger partial charge in [-0.2, -0.15) is 0 Å². The van der Waals surface area contributed by atoms with Gasteiger partial charge in [0.1, 0.15) is 17.3 Å². The van der Waals surface area contributed by atoms with Gasteiger partial charge >= 0.3 is 0 Å². The Bertz CT molecular complexity index is 997. The van der Waals surface area contributed by atoms with Gasteiger partial charge in [0.05, 0.1) is 26.3 Å². The maximum absolute atomic E-state index is 9.00. The lowest BCUT2D eigenvalue weighted by molar-refractivity contribution is -0.134. The van der Waals surface area contributed by atoms with Gasteiger partial charge in [-0.25, -0.2) is 9.98 Å². The van der Waals surface area contributed by atoms with Gasteiger partial charge in [0, 0.05) is 18.7 Å². The van der Waals surface area contributed by atoms with Crippen LogP contribution in [0.3, 0.4) is 0 Å². The quantitative estimate of drug-likeness (QED) is 0.408. The summed E-state index contributed by atoms with van der Waals surface area (Å²) in [6.45, 7) is 1.40. The lowest BCUT2D eigenvalue weighted by Crippen LogP contribution is -2.23. The zero-order valence-electron chi connectivity index (χ0n) is 17.7. The molecule has 0 radical (unpaired) electrons. The highest BCUT2D eigenvalue weighted by Gasteiger charge is 2.10. The number of pyridine rings is 1. The summed E-state index contributed by atoms with van der Waals surface area (Å²) < 4.78 is 10.8. The molecule has 8 nitrogen and oxygen atoms in total. The maximum atomic E-state index is 9.00. The fourth-order valence-electron chi connectivity index (χ4n) is 2.76. The van der Waals surface area contributed by atoms with E-state index in [4.69, 9.17) is 25.1 Å². The van der Waals surface area contributed by atoms with Crippen LogP contribution in [0.2, 0.25) is 0 Å². The zero-order chi connectivity index (χ0) is 22.6. The first-order valence-corrected chi connectivity index (χ1v) is 9.43. The molecular weight excluding hydrogens is 396 g/mol. The van der Waals surface area contributed by atoms with E-state index in [-0.39, 0.29) is 5.96 Å². The molecule has 0 spiro atoms. The minimum Gasteiger partial charge on any atom is -0.496 e. The van der Waals surface area contributed by atoms with Crippen LogP contribution in [0.1, 0.15) is 12.5 Å². The van der Waals surface area contributed by atoms with Gasteiger partial charge in [0.25, 0.3) is 5.97 Å². The summed E-state index contributed by atoms with van der Waals surface area (Å²) in [5.74, 6) is 1.48. The molecule has 0 saturated carbocycles. The molecule has 31 heavy (non-hydrogen) atoms. The molecule has 0 aliphatic heterocycles. The number of rotatable bonds is 6. The third-order valence-corrected chi connectivity index (χ3v) is 4.08. The standard InChI is InChI=1S/C21H22N4O2.C2H4O2/c1-26-18-11-6-12-19(27-2)17(18)14-24-21(22)25-20-16(10-7-13-23-20)15-8-4-3-5-9-15;1-2(3)4/h3-13H,14H2,1-2H3,(H3,22,23,24,25);1H3,(H,3,4). The topological polar surface area (TPSA) is 119 Å². The molecule has 1 heterocycles. The average Bonchev–Trinajstić information content (AvgIpc) is 2.78. The molecule has 8 heteroatoms. The third-order valence-electron chi connectivity index (χ3n) is 4.08. The number of nitrogens with zero attached hydrogens (tertiary/aromatic N) is 2. The molecule has 0 atom stereocenters. The van der Waals surface area contributed by atoms with E-state index < -0.39 is 5.97 Å². The number of nitrogens with two attached hydrogens (primary N) is 1. The first-order valence-electron chi connectivity index (χ1n) is 9.43. The first-order chi connectivity index (χ1) is 15.0. The number of ether oxygens (including phenoxy) is 2. The predicted molar refractivity (Wildman–Crippen MR) is 121 cm³/mol. The van der Waals surface area contributed by atoms with Crippen molar-refractivity contribution in [1.82, 2.24) is 4.98 Å². The Balaban J connectivity index is 0.000000785. The Morgan fingerprint density at radius 3 is 2.23 bits per heavy atom. The number of carboxylic acids is 1. The highest BCUT2D eigenvalue weighted by Crippen LogP contribution is 2.29. The van der Waals surface area contributed by atoms with E-state index in [0.29, 0.717) is 23.9 Å². The average molecular weight is 422 g/mol. The summed E-state index contributed by atoms with van der Waals surface area (Å²) >= 11 is 0. The van der Waals surface area contributed by atoms with Crippen molar-refractivity contribution in [3.63, 3.8) is 0 Å². The highest BCUT2D eigenvalue weighted by molar-refractivity contribution is 5.95. The molecule has 3 aromatic rings. The molecule has 0 unspecified atom stereocenters. The van der Waals surface area contributed by atoms with Crippen LogP contribution < -0.4 is 20.5 Å². The number of carbonyl (C=O) groups is 1. The third kappa shape index (κ3) is 7.04. The number of aliphatic carboxylic acids is 1. The predicted octanol–water partition coefficient (Wildman–Crippen LogP) is 3.78. The Morgan fingerprint density at radius 2 is 1.65 bits per heavy atom. The number of hydrogen-bond acceptors (Lipinski definition) is 5. The molecule has 2 aromatic carbocycles. The molecule has 0 fully saturated rings. The van der Waals surface area contributed by atoms with Crippen molar-refractivity contribution in [2.24, 2.45) is 10.7 Å². The summed E-state index contributed by atoms with van der Waals surface area (Å²) in [4.78, 5) is 17.8. The van der Waals surface area contributed by atoms with E-state index in [2.05, 4.69) is 15.3 Å². The maximum Gasteiger partial charge on any atom is 0.300 e. The van der Waals surface area contributed by atoms with E-state index in [1.165, 1.54) is 0 Å². The van der Waals surface area contributed by atoms with E-state index >= 15 is 0 Å². The van der Waals surface area contributed by atoms with Gasteiger partial charge in [0.15, 0.2) is 5.96 Å². The molecule has 1 aromatic heterocycles. The van der Waals surface area contributed by atoms with Crippen molar-refractivity contribution < 1.29 is 19.4 Å². The van der Waals surface area contributed by atoms with Crippen molar-refractivity contribution >= 4 is 17.7 Å². The number of aliphatic imine (C=N–C) groups is 1. The molecule has 0 bridgehead atoms. The Hall–Kier alpha value is -4.07. The molecule has 0 aliphatic rings. The second-order valence-electron chi connectivity index (χ2n) is 6.25. The minimum atomic E-state index is -0.833. The van der Waals surface area contributed by atoms with Crippen LogP contribution in [-0.4, -0.2) is 36.2 Å². The largest absolute Gasteiger partial charge is 0.496 e. The minimum absolute atomic E-state index is 0.263. The van der Waals surface area contributed by atoms with Crippen molar-refractivity contribution in [2.75, 3.05) is 19.5 Å². The number of anilines is 1. The molecule has 162 valence electrons. The van der Waals surface area contributed by atoms with Crippen LogP contribution in [0, 0.1) is 0 Å². The SMILES string of the molecule is CC(=O)O.COc1cccc(OC)c1CN=C(N)Nc1ncccc1-c1ccccc1. The van der Waals surface area contributed by atoms with Crippen LogP contribution in [0.4, 0.5) is 5.82 Å². The monoisotopic (exact) mass is 422 g/mol. The van der Waals surface area contributed by atoms with Gasteiger partial charge in [0.2, 0.25) is 0 Å². The molecule has 0 aliphatic carbocycles. The van der Waals surface area contributed by atoms with E-state index in [1.807, 2.05) is 60.7 Å². The second-order valence-corrected chi connectivity index (χ2v) is 6.25. The van der Waals surface area contributed by atoms with Gasteiger partial charge < -0.3 is 25.6 Å². The second kappa shape index (κ2) is 11.8. The lowest BCUT2D eigenvalue weighted by Gasteiger charge is -2.13. The number of carboxylic acid groups (broad SMARTS) is 1. The lowest BCUT2D eigenvalue weighted by atomic mass is 10.1. The summed E-state index contributed by atoms with van der Waals surface area (Å²) in [6.07, 6.45) is 1.71. The van der Waals surface area contributed by atoms with Gasteiger partial charge in [-0.15, -0.1) is 0 Å². The van der Waals surface area contributed by atoms with E-state index in [1.54, 1.807) is 20.4 Å². The van der Waals surface area contributed by atoms with Crippen molar-refractivity contribution in [3.8, 4) is 22.6 Å². The molecule has 0 saturated heterocycles. The summed E-state index contributed by atoms with van der Waals surface area (Å²) in [5.41, 5.74) is 8.93. The van der Waals surface area contributed by atoms with Crippen LogP contribution in [0.5, 0.6) is 11.5 Å². The van der Waals surface area contributed by atoms with Crippen molar-refractivity contribution in [3.05, 3.63) is 72.4 Å². The van der Waals surface area contributed by atoms with E-state index in [0.717, 1.165) is 23.6 Å². The number of aromatic nitrogens is 1. The number of benzene rings is 2. The summed E-state index contributed by atoms with van der Waals surface area (Å²) in [5, 5.41) is 10.5. The summed E-state index contributed by atoms with van der Waals surface area (Å²) in [7, 11) is 3.23. The van der Waals surface area contributed by atoms with Crippen molar-refractivity contribution in [2.45, 2.75) is 13.5 Å². The van der Waals surface area contributed by atoms with Crippen LogP contribution in [0.15, 0.2) is 71.9 Å². The Labute approximate surface area is 181 Å². The smallest absolute Gasteiger partial charge is 0.300 e. The van der Waals surface area contributed by atoms with Crippen LogP contribution in [-0.2, 0) is 11.3 Å². The number of hydrogen-bond donors (Lipinski definition) is 3. The molecule has 4 N–H and O–H groups in total. The fourth-order valence-corrected chi connectivity index (χ4v) is 2.76. The number of guanidine groups is 1. The molecular formula is C23H26N4O4. The molecule has 3 rings (SSSR count). The normalized spacial score (nSPS) is 10.5. The van der Waals surface area contributed by atoms with E-state index in [9.17, 15) is 0 Å². The number of methoxy groups -OCH3 is 2. The van der Waals surface area contributed by atoms with Gasteiger partial charge in [-0.1, -0.05) is 36.4 Å². The van der Waals surface area contributed by atoms with Gasteiger partial charge in [-0.05, 0) is 29.8 Å². The first kappa shape index (κ1) is 23.2. The Morgan fingerprint density at radius 1 is 1.03 bits per heavy atom. The molecule has 0 amide bonds.